The van der Waals surface area contributed by atoms with Gasteiger partial charge in [-0.15, -0.1) is 0 Å². The van der Waals surface area contributed by atoms with Crippen LogP contribution in [0.3, 0.4) is 0 Å². The highest BCUT2D eigenvalue weighted by Crippen LogP contribution is 2.31. The number of benzene rings is 1. The van der Waals surface area contributed by atoms with Gasteiger partial charge in [-0.2, -0.15) is 4.98 Å². The number of aromatic nitrogens is 2. The molecule has 1 aliphatic heterocycles. The van der Waals surface area contributed by atoms with Gasteiger partial charge >= 0.3 is 0 Å². The third kappa shape index (κ3) is 2.47. The van der Waals surface area contributed by atoms with E-state index in [2.05, 4.69) is 31.4 Å². The van der Waals surface area contributed by atoms with Crippen LogP contribution in [0.25, 0.3) is 11.4 Å². The summed E-state index contributed by atoms with van der Waals surface area (Å²) in [5.41, 5.74) is 0.377. The molecule has 2 heterocycles. The lowest BCUT2D eigenvalue weighted by Gasteiger charge is -2.18. The van der Waals surface area contributed by atoms with Gasteiger partial charge in [-0.05, 0) is 47.4 Å². The van der Waals surface area contributed by atoms with E-state index in [1.54, 1.807) is 0 Å². The van der Waals surface area contributed by atoms with Crippen LogP contribution in [-0.4, -0.2) is 23.2 Å². The van der Waals surface area contributed by atoms with Crippen LogP contribution in [0.4, 0.5) is 8.78 Å². The molecule has 0 aliphatic carbocycles. The summed E-state index contributed by atoms with van der Waals surface area (Å²) in [6.07, 6.45) is 2.03. The van der Waals surface area contributed by atoms with E-state index in [9.17, 15) is 8.78 Å². The van der Waals surface area contributed by atoms with Crippen molar-refractivity contribution in [2.75, 3.05) is 13.1 Å². The summed E-state index contributed by atoms with van der Waals surface area (Å²) in [5, 5.41) is 7.12. The molecule has 1 aromatic heterocycles. The van der Waals surface area contributed by atoms with Gasteiger partial charge in [0.1, 0.15) is 0 Å². The molecule has 0 saturated carbocycles. The van der Waals surface area contributed by atoms with Crippen molar-refractivity contribution < 1.29 is 13.3 Å². The Kier molecular flexibility index (Phi) is 3.80. The Balaban J connectivity index is 1.92. The maximum atomic E-state index is 13.5. The maximum Gasteiger partial charge on any atom is 0.231 e. The van der Waals surface area contributed by atoms with Crippen molar-refractivity contribution in [3.8, 4) is 11.4 Å². The first-order valence-corrected chi connectivity index (χ1v) is 7.14. The molecule has 0 amide bonds. The summed E-state index contributed by atoms with van der Waals surface area (Å²) in [6.45, 7) is 1.78. The third-order valence-electron chi connectivity index (χ3n) is 3.36. The number of nitrogens with one attached hydrogen (secondary N) is 1. The second-order valence-corrected chi connectivity index (χ2v) is 5.52. The van der Waals surface area contributed by atoms with Crippen LogP contribution in [0.5, 0.6) is 0 Å². The second kappa shape index (κ2) is 5.57. The second-order valence-electron chi connectivity index (χ2n) is 4.72. The predicted octanol–water partition coefficient (Wildman–Crippen LogP) is 3.24. The van der Waals surface area contributed by atoms with E-state index >= 15 is 0 Å². The Labute approximate surface area is 122 Å². The van der Waals surface area contributed by atoms with E-state index < -0.39 is 11.6 Å². The minimum atomic E-state index is -0.951. The highest BCUT2D eigenvalue weighted by molar-refractivity contribution is 9.10. The van der Waals surface area contributed by atoms with E-state index in [4.69, 9.17) is 4.52 Å². The fraction of sp³-hybridized carbons (Fsp3) is 0.385. The van der Waals surface area contributed by atoms with Gasteiger partial charge in [0.05, 0.1) is 10.4 Å². The summed E-state index contributed by atoms with van der Waals surface area (Å²) in [6, 6.07) is 2.48. The number of nitrogens with zero attached hydrogens (tertiary/aromatic N) is 2. The molecule has 106 valence electrons. The van der Waals surface area contributed by atoms with Crippen molar-refractivity contribution in [1.29, 1.82) is 0 Å². The molecule has 3 rings (SSSR count). The Morgan fingerprint density at radius 1 is 1.35 bits per heavy atom. The molecule has 1 fully saturated rings. The first-order chi connectivity index (χ1) is 9.66. The Hall–Kier alpha value is -1.34. The molecule has 1 aromatic carbocycles. The van der Waals surface area contributed by atoms with Gasteiger partial charge in [0, 0.05) is 12.1 Å². The van der Waals surface area contributed by atoms with Gasteiger partial charge in [-0.1, -0.05) is 5.16 Å². The molecule has 0 radical (unpaired) electrons. The van der Waals surface area contributed by atoms with Crippen molar-refractivity contribution in [2.45, 2.75) is 18.8 Å². The lowest BCUT2D eigenvalue weighted by Crippen LogP contribution is -2.28. The Bertz CT molecular complexity index is 626. The molecule has 20 heavy (non-hydrogen) atoms. The number of rotatable bonds is 2. The Morgan fingerprint density at radius 3 is 2.95 bits per heavy atom. The molecular formula is C13H12BrF2N3O. The normalized spacial score (nSPS) is 19.2. The molecule has 1 aliphatic rings. The van der Waals surface area contributed by atoms with Gasteiger partial charge in [-0.3, -0.25) is 0 Å². The monoisotopic (exact) mass is 343 g/mol. The largest absolute Gasteiger partial charge is 0.339 e. The van der Waals surface area contributed by atoms with Crippen molar-refractivity contribution >= 4 is 15.9 Å². The molecule has 0 spiro atoms. The van der Waals surface area contributed by atoms with Crippen LogP contribution in [0.2, 0.25) is 0 Å². The smallest absolute Gasteiger partial charge is 0.231 e. The third-order valence-corrected chi connectivity index (χ3v) is 4.14. The van der Waals surface area contributed by atoms with E-state index in [1.165, 1.54) is 6.07 Å². The van der Waals surface area contributed by atoms with Gasteiger partial charge in [0.2, 0.25) is 11.7 Å². The fourth-order valence-corrected chi connectivity index (χ4v) is 2.77. The SMILES string of the molecule is Fc1ccc(-c2noc([C@@H]3CCCNC3)n2)c(Br)c1F. The molecular weight excluding hydrogens is 332 g/mol. The average molecular weight is 344 g/mol. The summed E-state index contributed by atoms with van der Waals surface area (Å²) in [5.74, 6) is -0.900. The zero-order chi connectivity index (χ0) is 14.1. The van der Waals surface area contributed by atoms with Crippen LogP contribution in [-0.2, 0) is 0 Å². The van der Waals surface area contributed by atoms with Crippen molar-refractivity contribution in [2.24, 2.45) is 0 Å². The van der Waals surface area contributed by atoms with Crippen molar-refractivity contribution in [3.63, 3.8) is 0 Å². The lowest BCUT2D eigenvalue weighted by atomic mass is 10.00. The molecule has 7 heteroatoms. The van der Waals surface area contributed by atoms with E-state index in [-0.39, 0.29) is 16.2 Å². The standard InChI is InChI=1S/C13H12BrF2N3O/c14-10-8(3-4-9(15)11(10)16)12-18-13(20-19-12)7-2-1-5-17-6-7/h3-4,7,17H,1-2,5-6H2/t7-/m1/s1. The van der Waals surface area contributed by atoms with Crippen LogP contribution < -0.4 is 5.32 Å². The zero-order valence-corrected chi connectivity index (χ0v) is 12.1. The molecule has 2 aromatic rings. The molecule has 4 nitrogen and oxygen atoms in total. The molecule has 0 unspecified atom stereocenters. The fourth-order valence-electron chi connectivity index (χ4n) is 2.27. The highest BCUT2D eigenvalue weighted by atomic mass is 79.9. The highest BCUT2D eigenvalue weighted by Gasteiger charge is 2.23. The van der Waals surface area contributed by atoms with Crippen molar-refractivity contribution in [3.05, 3.63) is 34.1 Å². The molecule has 1 atom stereocenters. The number of piperidine rings is 1. The first-order valence-electron chi connectivity index (χ1n) is 6.35. The summed E-state index contributed by atoms with van der Waals surface area (Å²) >= 11 is 3.02. The minimum absolute atomic E-state index is 0.00613. The van der Waals surface area contributed by atoms with Gasteiger partial charge < -0.3 is 9.84 Å². The maximum absolute atomic E-state index is 13.5. The van der Waals surface area contributed by atoms with E-state index in [0.717, 1.165) is 32.0 Å². The van der Waals surface area contributed by atoms with Gasteiger partial charge in [-0.25, -0.2) is 8.78 Å². The molecule has 1 saturated heterocycles. The van der Waals surface area contributed by atoms with E-state index in [0.29, 0.717) is 11.5 Å². The first kappa shape index (κ1) is 13.6. The summed E-state index contributed by atoms with van der Waals surface area (Å²) < 4.78 is 31.9. The summed E-state index contributed by atoms with van der Waals surface area (Å²) in [7, 11) is 0. The number of hydrogen-bond donors (Lipinski definition) is 1. The Morgan fingerprint density at radius 2 is 2.20 bits per heavy atom. The molecule has 0 bridgehead atoms. The van der Waals surface area contributed by atoms with E-state index in [1.807, 2.05) is 0 Å². The predicted molar refractivity (Wildman–Crippen MR) is 72.2 cm³/mol. The number of halogens is 3. The van der Waals surface area contributed by atoms with Crippen molar-refractivity contribution in [1.82, 2.24) is 15.5 Å². The van der Waals surface area contributed by atoms with Crippen LogP contribution in [0.15, 0.2) is 21.1 Å². The van der Waals surface area contributed by atoms with Crippen LogP contribution in [0, 0.1) is 11.6 Å². The topological polar surface area (TPSA) is 51.0 Å². The molecule has 1 N–H and O–H groups in total. The van der Waals surface area contributed by atoms with Gasteiger partial charge in [0.15, 0.2) is 11.6 Å². The van der Waals surface area contributed by atoms with Crippen LogP contribution in [0.1, 0.15) is 24.7 Å². The average Bonchev–Trinajstić information content (AvgIpc) is 2.95. The minimum Gasteiger partial charge on any atom is -0.339 e. The lowest BCUT2D eigenvalue weighted by molar-refractivity contribution is 0.322. The summed E-state index contributed by atoms with van der Waals surface area (Å²) in [4.78, 5) is 4.30. The zero-order valence-electron chi connectivity index (χ0n) is 10.5. The number of hydrogen-bond acceptors (Lipinski definition) is 4. The van der Waals surface area contributed by atoms with Crippen LogP contribution >= 0.6 is 15.9 Å². The quantitative estimate of drug-likeness (QED) is 0.850. The van der Waals surface area contributed by atoms with Gasteiger partial charge in [0.25, 0.3) is 0 Å².